The first-order valence-corrected chi connectivity index (χ1v) is 9.76. The molecule has 9 heteroatoms. The Morgan fingerprint density at radius 1 is 1.10 bits per heavy atom. The number of carboxylic acid groups (broad SMARTS) is 1. The van der Waals surface area contributed by atoms with Gasteiger partial charge in [0.05, 0.1) is 6.42 Å². The highest BCUT2D eigenvalue weighted by molar-refractivity contribution is 5.80. The number of hydrogen-bond acceptors (Lipinski definition) is 6. The van der Waals surface area contributed by atoms with Crippen molar-refractivity contribution in [2.45, 2.75) is 26.7 Å². The number of aromatic nitrogens is 6. The molecule has 4 rings (SSSR count). The molecule has 156 valence electrons. The minimum absolute atomic E-state index is 0.191. The van der Waals surface area contributed by atoms with Crippen LogP contribution in [0, 0.1) is 6.92 Å². The number of carbonyl (C=O) groups is 1. The number of carboxylic acids is 1. The Morgan fingerprint density at radius 2 is 1.81 bits per heavy atom. The molecule has 2 aromatic carbocycles. The summed E-state index contributed by atoms with van der Waals surface area (Å²) in [4.78, 5) is 27.7. The number of aryl methyl sites for hydroxylation is 1. The van der Waals surface area contributed by atoms with E-state index >= 15 is 0 Å². The number of H-pyrrole nitrogens is 1. The van der Waals surface area contributed by atoms with Crippen LogP contribution in [0.15, 0.2) is 53.3 Å². The molecule has 2 aromatic heterocycles. The molecular formula is C22H20N6O3. The maximum absolute atomic E-state index is 12.3. The molecule has 0 radical (unpaired) electrons. The molecule has 31 heavy (non-hydrogen) atoms. The van der Waals surface area contributed by atoms with E-state index in [1.54, 1.807) is 6.92 Å². The maximum Gasteiger partial charge on any atom is 0.308 e. The Kier molecular flexibility index (Phi) is 5.40. The molecule has 0 saturated heterocycles. The first-order valence-electron chi connectivity index (χ1n) is 9.76. The Labute approximate surface area is 177 Å². The van der Waals surface area contributed by atoms with Crippen LogP contribution in [0.3, 0.4) is 0 Å². The highest BCUT2D eigenvalue weighted by Gasteiger charge is 2.17. The quantitative estimate of drug-likeness (QED) is 0.494. The second-order valence-electron chi connectivity index (χ2n) is 6.98. The van der Waals surface area contributed by atoms with Gasteiger partial charge in [-0.15, -0.1) is 10.2 Å². The Balaban J connectivity index is 1.80. The van der Waals surface area contributed by atoms with Gasteiger partial charge in [-0.3, -0.25) is 9.59 Å². The van der Waals surface area contributed by atoms with Crippen molar-refractivity contribution in [3.8, 4) is 28.2 Å². The van der Waals surface area contributed by atoms with Crippen LogP contribution in [0.25, 0.3) is 28.2 Å². The third-order valence-electron chi connectivity index (χ3n) is 5.11. The molecule has 0 unspecified atom stereocenters. The van der Waals surface area contributed by atoms with E-state index in [0.717, 1.165) is 22.4 Å². The first-order chi connectivity index (χ1) is 15.0. The number of aliphatic carboxylic acids is 1. The van der Waals surface area contributed by atoms with Gasteiger partial charge in [-0.05, 0) is 35.4 Å². The zero-order valence-corrected chi connectivity index (χ0v) is 17.0. The number of hydrogen-bond donors (Lipinski definition) is 2. The third-order valence-corrected chi connectivity index (χ3v) is 5.11. The number of benzene rings is 2. The molecule has 0 fully saturated rings. The van der Waals surface area contributed by atoms with Gasteiger partial charge in [0.2, 0.25) is 5.82 Å². The predicted molar refractivity (Wildman–Crippen MR) is 114 cm³/mol. The summed E-state index contributed by atoms with van der Waals surface area (Å²) in [5.74, 6) is 0.0227. The number of tetrazole rings is 1. The van der Waals surface area contributed by atoms with Gasteiger partial charge in [0.1, 0.15) is 5.82 Å². The lowest BCUT2D eigenvalue weighted by Crippen LogP contribution is -2.25. The van der Waals surface area contributed by atoms with E-state index in [2.05, 4.69) is 25.6 Å². The molecule has 4 aromatic rings. The second kappa shape index (κ2) is 8.31. The monoisotopic (exact) mass is 416 g/mol. The smallest absolute Gasteiger partial charge is 0.308 e. The van der Waals surface area contributed by atoms with Gasteiger partial charge in [0.25, 0.3) is 5.56 Å². The molecule has 0 bridgehead atoms. The predicted octanol–water partition coefficient (Wildman–Crippen LogP) is 2.58. The van der Waals surface area contributed by atoms with Crippen molar-refractivity contribution < 1.29 is 9.90 Å². The van der Waals surface area contributed by atoms with Crippen molar-refractivity contribution in [3.05, 3.63) is 76.0 Å². The van der Waals surface area contributed by atoms with E-state index in [0.29, 0.717) is 23.8 Å². The normalized spacial score (nSPS) is 10.9. The highest BCUT2D eigenvalue weighted by atomic mass is 16.4. The van der Waals surface area contributed by atoms with Crippen LogP contribution < -0.4 is 5.56 Å². The summed E-state index contributed by atoms with van der Waals surface area (Å²) in [6.07, 6.45) is 0.170. The molecule has 0 aliphatic heterocycles. The summed E-state index contributed by atoms with van der Waals surface area (Å²) in [5, 5.41) is 23.4. The van der Waals surface area contributed by atoms with E-state index < -0.39 is 11.5 Å². The van der Waals surface area contributed by atoms with Crippen molar-refractivity contribution in [2.24, 2.45) is 0 Å². The molecule has 9 nitrogen and oxygen atoms in total. The summed E-state index contributed by atoms with van der Waals surface area (Å²) < 4.78 is 1.84. The van der Waals surface area contributed by atoms with Crippen molar-refractivity contribution in [3.63, 3.8) is 0 Å². The lowest BCUT2D eigenvalue weighted by atomic mass is 9.99. The number of nitrogens with one attached hydrogen (secondary N) is 1. The molecule has 0 amide bonds. The minimum atomic E-state index is -1.06. The number of aromatic amines is 1. The summed E-state index contributed by atoms with van der Waals surface area (Å²) in [7, 11) is 0. The third kappa shape index (κ3) is 3.85. The van der Waals surface area contributed by atoms with Crippen LogP contribution >= 0.6 is 0 Å². The van der Waals surface area contributed by atoms with Gasteiger partial charge in [0, 0.05) is 28.9 Å². The molecule has 0 atom stereocenters. The largest absolute Gasteiger partial charge is 0.481 e. The Hall–Kier alpha value is -4.14. The average molecular weight is 416 g/mol. The van der Waals surface area contributed by atoms with E-state index in [4.69, 9.17) is 0 Å². The SMILES string of the molecule is CCc1nc(=O)c(CC(=O)O)c(C)n1-c1ccc(-c2ccccc2-c2nn[nH]n2)cc1. The van der Waals surface area contributed by atoms with Gasteiger partial charge in [-0.1, -0.05) is 43.3 Å². The fraction of sp³-hybridized carbons (Fsp3) is 0.182. The van der Waals surface area contributed by atoms with Crippen molar-refractivity contribution in [1.29, 1.82) is 0 Å². The molecule has 2 N–H and O–H groups in total. The topological polar surface area (TPSA) is 127 Å². The number of nitrogens with zero attached hydrogens (tertiary/aromatic N) is 5. The molecular weight excluding hydrogens is 396 g/mol. The van der Waals surface area contributed by atoms with Crippen molar-refractivity contribution in [2.75, 3.05) is 0 Å². The van der Waals surface area contributed by atoms with Crippen molar-refractivity contribution in [1.82, 2.24) is 30.2 Å². The summed E-state index contributed by atoms with van der Waals surface area (Å²) in [5.41, 5.74) is 3.85. The molecule has 0 saturated carbocycles. The summed E-state index contributed by atoms with van der Waals surface area (Å²) in [6, 6.07) is 15.5. The van der Waals surface area contributed by atoms with E-state index in [-0.39, 0.29) is 12.0 Å². The zero-order chi connectivity index (χ0) is 22.0. The lowest BCUT2D eigenvalue weighted by molar-refractivity contribution is -0.136. The first kappa shape index (κ1) is 20.1. The number of rotatable bonds is 6. The fourth-order valence-electron chi connectivity index (χ4n) is 3.65. The van der Waals surface area contributed by atoms with Crippen LogP contribution in [0.5, 0.6) is 0 Å². The van der Waals surface area contributed by atoms with Crippen LogP contribution in [0.4, 0.5) is 0 Å². The Morgan fingerprint density at radius 3 is 2.42 bits per heavy atom. The fourth-order valence-corrected chi connectivity index (χ4v) is 3.65. The average Bonchev–Trinajstić information content (AvgIpc) is 3.31. The van der Waals surface area contributed by atoms with E-state index in [1.807, 2.05) is 60.0 Å². The Bertz CT molecular complexity index is 1290. The summed E-state index contributed by atoms with van der Waals surface area (Å²) in [6.45, 7) is 3.66. The molecule has 0 spiro atoms. The van der Waals surface area contributed by atoms with Gasteiger partial charge in [0.15, 0.2) is 0 Å². The lowest BCUT2D eigenvalue weighted by Gasteiger charge is -2.18. The van der Waals surface area contributed by atoms with Gasteiger partial charge < -0.3 is 9.67 Å². The maximum atomic E-state index is 12.3. The van der Waals surface area contributed by atoms with Gasteiger partial charge in [-0.25, -0.2) is 0 Å². The van der Waals surface area contributed by atoms with Crippen LogP contribution in [0.1, 0.15) is 24.0 Å². The second-order valence-corrected chi connectivity index (χ2v) is 6.98. The summed E-state index contributed by atoms with van der Waals surface area (Å²) >= 11 is 0. The van der Waals surface area contributed by atoms with Crippen LogP contribution in [-0.4, -0.2) is 41.3 Å². The molecule has 0 aliphatic carbocycles. The van der Waals surface area contributed by atoms with Crippen molar-refractivity contribution >= 4 is 5.97 Å². The standard InChI is InChI=1S/C22H20N6O3/c1-3-19-23-22(31)18(12-20(29)30)13(2)28(19)15-10-8-14(9-11-15)16-6-4-5-7-17(16)21-24-26-27-25-21/h4-11H,3,12H2,1-2H3,(H,29,30)(H,24,25,26,27). The molecule has 2 heterocycles. The zero-order valence-electron chi connectivity index (χ0n) is 17.0. The molecule has 0 aliphatic rings. The van der Waals surface area contributed by atoms with E-state index in [9.17, 15) is 14.7 Å². The van der Waals surface area contributed by atoms with E-state index in [1.165, 1.54) is 0 Å². The van der Waals surface area contributed by atoms with Crippen LogP contribution in [0.2, 0.25) is 0 Å². The van der Waals surface area contributed by atoms with Gasteiger partial charge >= 0.3 is 5.97 Å². The minimum Gasteiger partial charge on any atom is -0.481 e. The van der Waals surface area contributed by atoms with Gasteiger partial charge in [-0.2, -0.15) is 10.2 Å². The van der Waals surface area contributed by atoms with Crippen LogP contribution in [-0.2, 0) is 17.6 Å². The highest BCUT2D eigenvalue weighted by Crippen LogP contribution is 2.30.